The Morgan fingerprint density at radius 2 is 1.45 bits per heavy atom. The van der Waals surface area contributed by atoms with E-state index in [-0.39, 0.29) is 24.1 Å². The lowest BCUT2D eigenvalue weighted by Gasteiger charge is -2.40. The van der Waals surface area contributed by atoms with Crippen LogP contribution >= 0.6 is 0 Å². The van der Waals surface area contributed by atoms with Crippen molar-refractivity contribution < 1.29 is 19.5 Å². The second-order valence-electron chi connectivity index (χ2n) is 16.7. The number of piperidine rings is 2. The Kier molecular flexibility index (Phi) is 9.39. The number of fused-ring (bicyclic) bond motifs is 2. The Hall–Kier alpha value is -4.37. The van der Waals surface area contributed by atoms with Gasteiger partial charge in [0.1, 0.15) is 11.8 Å². The van der Waals surface area contributed by atoms with Gasteiger partial charge in [-0.3, -0.25) is 24.6 Å². The van der Waals surface area contributed by atoms with Crippen molar-refractivity contribution in [2.24, 2.45) is 17.8 Å². The van der Waals surface area contributed by atoms with E-state index >= 15 is 0 Å². The van der Waals surface area contributed by atoms with Crippen molar-refractivity contribution in [1.82, 2.24) is 15.1 Å². The lowest BCUT2D eigenvalue weighted by atomic mass is 9.66. The summed E-state index contributed by atoms with van der Waals surface area (Å²) in [5.74, 6) is 2.35. The minimum absolute atomic E-state index is 0.116. The summed E-state index contributed by atoms with van der Waals surface area (Å²) < 4.78 is 0. The highest BCUT2D eigenvalue weighted by atomic mass is 16.3. The number of carbonyl (C=O) groups is 3. The molecule has 0 bridgehead atoms. The van der Waals surface area contributed by atoms with Crippen LogP contribution in [0, 0.1) is 17.8 Å². The second-order valence-corrected chi connectivity index (χ2v) is 16.7. The predicted octanol–water partition coefficient (Wildman–Crippen LogP) is 6.08. The lowest BCUT2D eigenvalue weighted by molar-refractivity contribution is -0.136. The van der Waals surface area contributed by atoms with E-state index in [1.165, 1.54) is 67.3 Å². The van der Waals surface area contributed by atoms with Gasteiger partial charge in [-0.2, -0.15) is 0 Å². The van der Waals surface area contributed by atoms with E-state index in [9.17, 15) is 19.5 Å². The maximum absolute atomic E-state index is 13.1. The molecule has 3 amide bonds. The molecule has 278 valence electrons. The number of aryl methyl sites for hydroxylation is 1. The quantitative estimate of drug-likeness (QED) is 0.273. The largest absolute Gasteiger partial charge is 0.508 e. The van der Waals surface area contributed by atoms with Crippen molar-refractivity contribution in [2.45, 2.75) is 82.7 Å². The number of phenols is 1. The summed E-state index contributed by atoms with van der Waals surface area (Å²) in [5.41, 5.74) is 8.30. The average molecular weight is 716 g/mol. The van der Waals surface area contributed by atoms with E-state index in [2.05, 4.69) is 62.5 Å². The molecule has 2 N–H and O–H groups in total. The molecule has 2 aliphatic carbocycles. The minimum atomic E-state index is -0.580. The van der Waals surface area contributed by atoms with E-state index in [1.807, 2.05) is 18.2 Å². The van der Waals surface area contributed by atoms with Crippen LogP contribution < -0.4 is 15.1 Å². The fraction of sp³-hybridized carbons (Fsp3) is 0.523. The summed E-state index contributed by atoms with van der Waals surface area (Å²) in [4.78, 5) is 46.5. The van der Waals surface area contributed by atoms with Crippen LogP contribution in [0.1, 0.15) is 96.3 Å². The molecule has 0 aromatic heterocycles. The molecule has 3 aromatic rings. The van der Waals surface area contributed by atoms with E-state index in [1.54, 1.807) is 4.90 Å². The summed E-state index contributed by atoms with van der Waals surface area (Å²) in [6.45, 7) is 7.76. The zero-order chi connectivity index (χ0) is 36.1. The Morgan fingerprint density at radius 1 is 0.698 bits per heavy atom. The first kappa shape index (κ1) is 34.4. The molecule has 4 aliphatic heterocycles. The van der Waals surface area contributed by atoms with E-state index in [0.717, 1.165) is 69.4 Å². The van der Waals surface area contributed by atoms with Crippen molar-refractivity contribution in [3.63, 3.8) is 0 Å². The first-order valence-corrected chi connectivity index (χ1v) is 20.3. The minimum Gasteiger partial charge on any atom is -0.508 e. The Labute approximate surface area is 313 Å². The van der Waals surface area contributed by atoms with Crippen molar-refractivity contribution in [1.29, 1.82) is 0 Å². The number of amides is 3. The standard InChI is InChI=1S/C44H53N5O4/c50-37-11-13-38-32(26-37)4-5-33(24-29-2-1-3-29)42(38)31-6-8-35(9-7-31)47-18-16-30(17-19-47)27-46-20-22-48(23-21-46)36-10-12-39-34(25-36)28-49(44(39)53)40-14-15-41(51)45-43(40)52/h6-13,25-26,29-30,33,40,42,50H,1-5,14-24,27-28H2,(H,45,51,52)/t33-,40+,42+/m1/s1. The third-order valence-electron chi connectivity index (χ3n) is 13.6. The van der Waals surface area contributed by atoms with Gasteiger partial charge < -0.3 is 19.8 Å². The second kappa shape index (κ2) is 14.5. The molecule has 0 radical (unpaired) electrons. The fourth-order valence-corrected chi connectivity index (χ4v) is 10.3. The number of benzene rings is 3. The molecular weight excluding hydrogens is 663 g/mol. The summed E-state index contributed by atoms with van der Waals surface area (Å²) in [5, 5.41) is 12.6. The zero-order valence-corrected chi connectivity index (χ0v) is 30.8. The number of phenolic OH excluding ortho intramolecular Hbond substituents is 1. The highest BCUT2D eigenvalue weighted by Gasteiger charge is 2.39. The van der Waals surface area contributed by atoms with Crippen LogP contribution in [0.5, 0.6) is 5.75 Å². The highest BCUT2D eigenvalue weighted by Crippen LogP contribution is 2.47. The van der Waals surface area contributed by atoms with Crippen LogP contribution in [0.4, 0.5) is 11.4 Å². The molecule has 9 nitrogen and oxygen atoms in total. The number of nitrogens with zero attached hydrogens (tertiary/aromatic N) is 4. The predicted molar refractivity (Wildman–Crippen MR) is 206 cm³/mol. The van der Waals surface area contributed by atoms with Crippen LogP contribution in [0.2, 0.25) is 0 Å². The number of aromatic hydroxyl groups is 1. The molecule has 1 saturated carbocycles. The van der Waals surface area contributed by atoms with Crippen molar-refractivity contribution in [3.8, 4) is 5.75 Å². The van der Waals surface area contributed by atoms with Gasteiger partial charge in [-0.15, -0.1) is 0 Å². The number of hydrogen-bond donors (Lipinski definition) is 2. The van der Waals surface area contributed by atoms with Gasteiger partial charge in [-0.1, -0.05) is 37.5 Å². The van der Waals surface area contributed by atoms with Crippen LogP contribution in [0.25, 0.3) is 0 Å². The Bertz CT molecular complexity index is 1860. The van der Waals surface area contributed by atoms with E-state index in [4.69, 9.17) is 0 Å². The molecule has 9 heteroatoms. The molecular formula is C44H53N5O4. The van der Waals surface area contributed by atoms with Gasteiger partial charge in [0.25, 0.3) is 5.91 Å². The van der Waals surface area contributed by atoms with Crippen molar-refractivity contribution in [3.05, 3.63) is 88.5 Å². The number of rotatable bonds is 8. The molecule has 0 spiro atoms. The van der Waals surface area contributed by atoms with Crippen LogP contribution in [-0.4, -0.2) is 84.5 Å². The van der Waals surface area contributed by atoms with Gasteiger partial charge in [0.15, 0.2) is 0 Å². The summed E-state index contributed by atoms with van der Waals surface area (Å²) in [6.07, 6.45) is 10.9. The highest BCUT2D eigenvalue weighted by molar-refractivity contribution is 6.05. The number of piperazine rings is 1. The first-order chi connectivity index (χ1) is 25.9. The lowest BCUT2D eigenvalue weighted by Crippen LogP contribution is -2.52. The molecule has 3 saturated heterocycles. The molecule has 3 atom stereocenters. The fourth-order valence-electron chi connectivity index (χ4n) is 10.3. The van der Waals surface area contributed by atoms with Crippen LogP contribution in [-0.2, 0) is 22.6 Å². The summed E-state index contributed by atoms with van der Waals surface area (Å²) in [7, 11) is 0. The van der Waals surface area contributed by atoms with Gasteiger partial charge in [0.2, 0.25) is 11.8 Å². The van der Waals surface area contributed by atoms with Gasteiger partial charge >= 0.3 is 0 Å². The topological polar surface area (TPSA) is 96.4 Å². The third kappa shape index (κ3) is 6.93. The van der Waals surface area contributed by atoms with Gasteiger partial charge in [0, 0.05) is 81.6 Å². The smallest absolute Gasteiger partial charge is 0.255 e. The number of imide groups is 1. The SMILES string of the molecule is O=C1CC[C@H](N2Cc3cc(N4CCN(CC5CCN(c6ccc([C@@H]7c8ccc(O)cc8CC[C@@H]7CC7CCC7)cc6)CC5)CC4)ccc3C2=O)C(=O)N1. The molecule has 0 unspecified atom stereocenters. The van der Waals surface area contributed by atoms with Gasteiger partial charge in [-0.25, -0.2) is 0 Å². The van der Waals surface area contributed by atoms with Gasteiger partial charge in [0.05, 0.1) is 0 Å². The average Bonchev–Trinajstić information content (AvgIpc) is 3.48. The summed E-state index contributed by atoms with van der Waals surface area (Å²) >= 11 is 0. The van der Waals surface area contributed by atoms with Gasteiger partial charge in [-0.05, 0) is 121 Å². The molecule has 4 fully saturated rings. The first-order valence-electron chi connectivity index (χ1n) is 20.3. The van der Waals surface area contributed by atoms with E-state index < -0.39 is 6.04 Å². The molecule has 3 aromatic carbocycles. The maximum atomic E-state index is 13.1. The third-order valence-corrected chi connectivity index (χ3v) is 13.6. The normalized spacial score (nSPS) is 25.6. The Morgan fingerprint density at radius 3 is 2.19 bits per heavy atom. The van der Waals surface area contributed by atoms with Crippen molar-refractivity contribution in [2.75, 3.05) is 55.6 Å². The molecule has 4 heterocycles. The number of hydrogen-bond acceptors (Lipinski definition) is 7. The van der Waals surface area contributed by atoms with Crippen molar-refractivity contribution >= 4 is 29.1 Å². The Balaban J connectivity index is 0.766. The zero-order valence-electron chi connectivity index (χ0n) is 30.8. The monoisotopic (exact) mass is 715 g/mol. The number of nitrogens with one attached hydrogen (secondary N) is 1. The number of anilines is 2. The molecule has 9 rings (SSSR count). The van der Waals surface area contributed by atoms with Crippen LogP contribution in [0.3, 0.4) is 0 Å². The molecule has 53 heavy (non-hydrogen) atoms. The summed E-state index contributed by atoms with van der Waals surface area (Å²) in [6, 6.07) is 21.1. The van der Waals surface area contributed by atoms with E-state index in [0.29, 0.717) is 42.0 Å². The molecule has 6 aliphatic rings. The maximum Gasteiger partial charge on any atom is 0.255 e. The number of carbonyl (C=O) groups excluding carboxylic acids is 3. The van der Waals surface area contributed by atoms with Crippen LogP contribution in [0.15, 0.2) is 60.7 Å².